The largest absolute Gasteiger partial charge is 0.396 e. The molecular weight excluding hydrogens is 292 g/mol. The summed E-state index contributed by atoms with van der Waals surface area (Å²) in [6, 6.07) is -0.942. The van der Waals surface area contributed by atoms with Gasteiger partial charge in [-0.15, -0.1) is 0 Å². The maximum atomic E-state index is 12.1. The zero-order chi connectivity index (χ0) is 15.6. The van der Waals surface area contributed by atoms with Crippen molar-refractivity contribution in [2.45, 2.75) is 25.6 Å². The molecule has 2 unspecified atom stereocenters. The molecule has 2 aliphatic heterocycles. The number of carbonyl (C=O) groups excluding carboxylic acids is 2. The van der Waals surface area contributed by atoms with Gasteiger partial charge in [0.05, 0.1) is 0 Å². The fraction of sp³-hybridized carbons (Fsp3) is 0.615. The van der Waals surface area contributed by atoms with E-state index in [0.29, 0.717) is 18.7 Å². The first-order valence-electron chi connectivity index (χ1n) is 6.76. The molecule has 1 saturated heterocycles. The van der Waals surface area contributed by atoms with Crippen LogP contribution in [-0.4, -0.2) is 70.2 Å². The molecule has 0 saturated carbocycles. The fourth-order valence-electron chi connectivity index (χ4n) is 2.31. The zero-order valence-electron chi connectivity index (χ0n) is 12.2. The van der Waals surface area contributed by atoms with Gasteiger partial charge in [0.2, 0.25) is 0 Å². The second kappa shape index (κ2) is 6.48. The van der Waals surface area contributed by atoms with Crippen LogP contribution in [-0.2, 0) is 4.79 Å². The summed E-state index contributed by atoms with van der Waals surface area (Å²) < 4.78 is 0. The van der Waals surface area contributed by atoms with Gasteiger partial charge in [-0.2, -0.15) is 0 Å². The lowest BCUT2D eigenvalue weighted by molar-refractivity contribution is -0.126. The molecule has 0 bridgehead atoms. The van der Waals surface area contributed by atoms with E-state index in [0.717, 1.165) is 10.7 Å². The molecule has 0 aliphatic carbocycles. The van der Waals surface area contributed by atoms with Gasteiger partial charge in [-0.3, -0.25) is 10.1 Å². The number of hydrogen-bond acceptors (Lipinski definition) is 6. The average molecular weight is 312 g/mol. The third kappa shape index (κ3) is 3.21. The van der Waals surface area contributed by atoms with Gasteiger partial charge >= 0.3 is 6.03 Å². The highest BCUT2D eigenvalue weighted by Crippen LogP contribution is 2.29. The van der Waals surface area contributed by atoms with Gasteiger partial charge in [0.25, 0.3) is 5.91 Å². The van der Waals surface area contributed by atoms with Crippen LogP contribution in [0.15, 0.2) is 17.1 Å². The van der Waals surface area contributed by atoms with Gasteiger partial charge in [0.15, 0.2) is 17.4 Å². The lowest BCUT2D eigenvalue weighted by atomic mass is 10.1. The number of amidine groups is 1. The smallest absolute Gasteiger partial charge is 0.325 e. The van der Waals surface area contributed by atoms with E-state index < -0.39 is 18.2 Å². The summed E-state index contributed by atoms with van der Waals surface area (Å²) in [6.45, 7) is 6.41. The van der Waals surface area contributed by atoms with E-state index in [9.17, 15) is 9.59 Å². The number of hydrogen-bond donors (Lipinski definition) is 2. The zero-order valence-corrected chi connectivity index (χ0v) is 13.0. The van der Waals surface area contributed by atoms with E-state index in [1.165, 1.54) is 16.7 Å². The topological polar surface area (TPSA) is 85.2 Å². The van der Waals surface area contributed by atoms with E-state index in [-0.39, 0.29) is 12.5 Å². The van der Waals surface area contributed by atoms with Crippen molar-refractivity contribution in [1.29, 1.82) is 0 Å². The Kier molecular flexibility index (Phi) is 4.89. The summed E-state index contributed by atoms with van der Waals surface area (Å²) in [5.74, 6) is 0.381. The van der Waals surface area contributed by atoms with Gasteiger partial charge in [-0.1, -0.05) is 23.9 Å². The van der Waals surface area contributed by atoms with Crippen LogP contribution in [0.5, 0.6) is 0 Å². The van der Waals surface area contributed by atoms with E-state index in [1.807, 2.05) is 11.8 Å². The number of aliphatic hydroxyl groups is 1. The molecule has 0 aromatic rings. The number of rotatable bonds is 5. The lowest BCUT2D eigenvalue weighted by Gasteiger charge is -2.36. The molecule has 3 amide bonds. The molecule has 8 heteroatoms. The molecule has 2 rings (SSSR count). The Morgan fingerprint density at radius 3 is 2.86 bits per heavy atom. The van der Waals surface area contributed by atoms with Crippen LogP contribution >= 0.6 is 11.8 Å². The second-order valence-corrected chi connectivity index (χ2v) is 6.25. The molecule has 0 spiro atoms. The summed E-state index contributed by atoms with van der Waals surface area (Å²) in [7, 11) is 1.63. The van der Waals surface area contributed by atoms with Crippen LogP contribution in [0.25, 0.3) is 0 Å². The van der Waals surface area contributed by atoms with Crippen molar-refractivity contribution in [1.82, 2.24) is 15.1 Å². The molecule has 0 radical (unpaired) electrons. The normalized spacial score (nSPS) is 24.8. The predicted octanol–water partition coefficient (Wildman–Crippen LogP) is 0.226. The molecule has 0 aromatic heterocycles. The Balaban J connectivity index is 2.22. The molecule has 1 fully saturated rings. The van der Waals surface area contributed by atoms with Crippen LogP contribution in [0.3, 0.4) is 0 Å². The number of urea groups is 1. The molecule has 2 atom stereocenters. The van der Waals surface area contributed by atoms with Gasteiger partial charge in [0, 0.05) is 26.0 Å². The van der Waals surface area contributed by atoms with Crippen molar-refractivity contribution >= 4 is 28.9 Å². The molecule has 2 aliphatic rings. The number of fused-ring (bicyclic) bond motifs is 1. The maximum Gasteiger partial charge on any atom is 0.325 e. The Bertz CT molecular complexity index is 494. The monoisotopic (exact) mass is 312 g/mol. The van der Waals surface area contributed by atoms with Crippen LogP contribution < -0.4 is 5.32 Å². The summed E-state index contributed by atoms with van der Waals surface area (Å²) >= 11 is 1.49. The molecule has 116 valence electrons. The molecule has 21 heavy (non-hydrogen) atoms. The van der Waals surface area contributed by atoms with Gasteiger partial charge in [0.1, 0.15) is 0 Å². The second-order valence-electron chi connectivity index (χ2n) is 5.19. The van der Waals surface area contributed by atoms with Crippen LogP contribution in [0, 0.1) is 0 Å². The minimum Gasteiger partial charge on any atom is -0.396 e. The summed E-state index contributed by atoms with van der Waals surface area (Å²) in [5, 5.41) is 11.9. The minimum atomic E-state index is -0.513. The number of amides is 3. The number of nitrogens with one attached hydrogen (secondary N) is 1. The van der Waals surface area contributed by atoms with Crippen molar-refractivity contribution < 1.29 is 14.7 Å². The van der Waals surface area contributed by atoms with E-state index >= 15 is 0 Å². The Morgan fingerprint density at radius 2 is 2.24 bits per heavy atom. The van der Waals surface area contributed by atoms with Gasteiger partial charge < -0.3 is 14.9 Å². The summed E-state index contributed by atoms with van der Waals surface area (Å²) in [5.41, 5.74) is 0.915. The number of imide groups is 1. The lowest BCUT2D eigenvalue weighted by Crippen LogP contribution is -2.63. The minimum absolute atomic E-state index is 0.118. The highest BCUT2D eigenvalue weighted by Gasteiger charge is 2.48. The standard InChI is InChI=1S/C13H20N4O3S/c1-8(2)7-17-9-10(14-13(17)21-6-4-5-18)16(3)12(20)15-11(9)19/h9-10,18H,1,4-7H2,2-3H3,(H,15,19,20). The van der Waals surface area contributed by atoms with Crippen molar-refractivity contribution in [3.63, 3.8) is 0 Å². The predicted molar refractivity (Wildman–Crippen MR) is 82.0 cm³/mol. The number of likely N-dealkylation sites (N-methyl/N-ethyl adjacent to an activating group) is 1. The van der Waals surface area contributed by atoms with E-state index in [4.69, 9.17) is 5.11 Å². The highest BCUT2D eigenvalue weighted by molar-refractivity contribution is 8.13. The number of nitrogens with zero attached hydrogens (tertiary/aromatic N) is 3. The number of aliphatic hydroxyl groups excluding tert-OH is 1. The van der Waals surface area contributed by atoms with Crippen LogP contribution in [0.1, 0.15) is 13.3 Å². The average Bonchev–Trinajstić information content (AvgIpc) is 2.75. The van der Waals surface area contributed by atoms with Crippen LogP contribution in [0.2, 0.25) is 0 Å². The molecular formula is C13H20N4O3S. The first-order valence-corrected chi connectivity index (χ1v) is 7.74. The van der Waals surface area contributed by atoms with Crippen molar-refractivity contribution in [2.24, 2.45) is 4.99 Å². The number of aliphatic imine (C=N–C) groups is 1. The first-order chi connectivity index (χ1) is 9.95. The number of carbonyl (C=O) groups is 2. The Labute approximate surface area is 128 Å². The summed E-state index contributed by atoms with van der Waals surface area (Å²) in [4.78, 5) is 31.7. The third-order valence-electron chi connectivity index (χ3n) is 3.30. The quantitative estimate of drug-likeness (QED) is 0.560. The Morgan fingerprint density at radius 1 is 1.52 bits per heavy atom. The van der Waals surface area contributed by atoms with Crippen molar-refractivity contribution in [3.05, 3.63) is 12.2 Å². The molecule has 7 nitrogen and oxygen atoms in total. The number of thioether (sulfide) groups is 1. The Hall–Kier alpha value is -1.54. The molecule has 2 heterocycles. The molecule has 2 N–H and O–H groups in total. The van der Waals surface area contributed by atoms with Gasteiger partial charge in [-0.05, 0) is 13.3 Å². The van der Waals surface area contributed by atoms with E-state index in [1.54, 1.807) is 7.05 Å². The first kappa shape index (κ1) is 15.8. The van der Waals surface area contributed by atoms with E-state index in [2.05, 4.69) is 16.9 Å². The van der Waals surface area contributed by atoms with Crippen LogP contribution in [0.4, 0.5) is 4.79 Å². The van der Waals surface area contributed by atoms with Crippen molar-refractivity contribution in [2.75, 3.05) is 26.0 Å². The van der Waals surface area contributed by atoms with Crippen molar-refractivity contribution in [3.8, 4) is 0 Å². The van der Waals surface area contributed by atoms with Gasteiger partial charge in [-0.25, -0.2) is 9.79 Å². The SMILES string of the molecule is C=C(C)CN1C(SCCCO)=NC2C1C(=O)NC(=O)N2C. The maximum absolute atomic E-state index is 12.1. The fourth-order valence-corrected chi connectivity index (χ4v) is 3.29. The molecule has 0 aromatic carbocycles. The highest BCUT2D eigenvalue weighted by atomic mass is 32.2. The summed E-state index contributed by atoms with van der Waals surface area (Å²) in [6.07, 6.45) is 0.156. The third-order valence-corrected chi connectivity index (χ3v) is 4.39.